The van der Waals surface area contributed by atoms with E-state index in [2.05, 4.69) is 10.6 Å². The molecule has 0 aromatic heterocycles. The maximum atomic E-state index is 12.5. The molecule has 0 saturated heterocycles. The summed E-state index contributed by atoms with van der Waals surface area (Å²) in [6, 6.07) is 11.7. The summed E-state index contributed by atoms with van der Waals surface area (Å²) in [6.45, 7) is 4.46. The van der Waals surface area contributed by atoms with Gasteiger partial charge < -0.3 is 20.1 Å². The van der Waals surface area contributed by atoms with Gasteiger partial charge in [0.15, 0.2) is 11.5 Å². The third kappa shape index (κ3) is 5.08. The number of hydrogen-bond acceptors (Lipinski definition) is 4. The number of hydrogen-bond donors (Lipinski definition) is 2. The Kier molecular flexibility index (Phi) is 6.42. The number of anilines is 1. The molecule has 0 bridgehead atoms. The zero-order chi connectivity index (χ0) is 21.0. The fourth-order valence-corrected chi connectivity index (χ4v) is 3.37. The van der Waals surface area contributed by atoms with Crippen molar-refractivity contribution in [2.24, 2.45) is 11.8 Å². The molecule has 2 unspecified atom stereocenters. The molecule has 1 aliphatic rings. The fourth-order valence-electron chi connectivity index (χ4n) is 3.37. The number of nitrogens with one attached hydrogen (secondary N) is 2. The molecule has 0 aliphatic heterocycles. The summed E-state index contributed by atoms with van der Waals surface area (Å²) >= 11 is 0. The number of ether oxygens (including phenoxy) is 2. The average molecular weight is 396 g/mol. The van der Waals surface area contributed by atoms with Crippen molar-refractivity contribution in [3.63, 3.8) is 0 Å². The van der Waals surface area contributed by atoms with Gasteiger partial charge >= 0.3 is 0 Å². The summed E-state index contributed by atoms with van der Waals surface area (Å²) in [4.78, 5) is 24.8. The van der Waals surface area contributed by atoms with Crippen LogP contribution in [0.5, 0.6) is 11.5 Å². The minimum Gasteiger partial charge on any atom is -0.493 e. The molecule has 6 nitrogen and oxygen atoms in total. The summed E-state index contributed by atoms with van der Waals surface area (Å²) in [5.74, 6) is 0.699. The van der Waals surface area contributed by atoms with Gasteiger partial charge in [0.25, 0.3) is 0 Å². The SMILES string of the molecule is COc1ccc(CCNC(=O)C2CC2C(=O)Nc2cc(C)ccc2C)cc1OC. The molecule has 154 valence electrons. The lowest BCUT2D eigenvalue weighted by atomic mass is 10.1. The molecule has 0 heterocycles. The summed E-state index contributed by atoms with van der Waals surface area (Å²) in [6.07, 6.45) is 1.27. The normalized spacial score (nSPS) is 17.4. The first-order chi connectivity index (χ1) is 13.9. The van der Waals surface area contributed by atoms with Gasteiger partial charge in [-0.15, -0.1) is 0 Å². The standard InChI is InChI=1S/C23H28N2O4/c1-14-5-6-15(2)19(11-14)25-23(27)18-13-17(18)22(26)24-10-9-16-7-8-20(28-3)21(12-16)29-4/h5-8,11-12,17-18H,9-10,13H2,1-4H3,(H,24,26)(H,25,27). The van der Waals surface area contributed by atoms with Gasteiger partial charge in [-0.05, 0) is 61.6 Å². The highest BCUT2D eigenvalue weighted by atomic mass is 16.5. The van der Waals surface area contributed by atoms with Gasteiger partial charge in [0, 0.05) is 12.2 Å². The zero-order valence-electron chi connectivity index (χ0n) is 17.4. The van der Waals surface area contributed by atoms with Crippen LogP contribution in [0, 0.1) is 25.7 Å². The molecular weight excluding hydrogens is 368 g/mol. The lowest BCUT2D eigenvalue weighted by Crippen LogP contribution is -2.29. The molecule has 1 aliphatic carbocycles. The summed E-state index contributed by atoms with van der Waals surface area (Å²) < 4.78 is 10.5. The topological polar surface area (TPSA) is 76.7 Å². The van der Waals surface area contributed by atoms with E-state index in [-0.39, 0.29) is 23.7 Å². The van der Waals surface area contributed by atoms with Crippen LogP contribution in [-0.2, 0) is 16.0 Å². The Bertz CT molecular complexity index is 910. The second-order valence-corrected chi connectivity index (χ2v) is 7.49. The monoisotopic (exact) mass is 396 g/mol. The van der Waals surface area contributed by atoms with Crippen molar-refractivity contribution in [3.8, 4) is 11.5 Å². The molecule has 2 aromatic rings. The molecule has 2 amide bonds. The summed E-state index contributed by atoms with van der Waals surface area (Å²) in [7, 11) is 3.19. The number of methoxy groups -OCH3 is 2. The van der Waals surface area contributed by atoms with E-state index in [0.717, 1.165) is 22.4 Å². The molecule has 2 aromatic carbocycles. The van der Waals surface area contributed by atoms with Crippen molar-refractivity contribution in [1.82, 2.24) is 5.32 Å². The fraction of sp³-hybridized carbons (Fsp3) is 0.391. The summed E-state index contributed by atoms with van der Waals surface area (Å²) in [5, 5.41) is 5.90. The van der Waals surface area contributed by atoms with Gasteiger partial charge in [-0.25, -0.2) is 0 Å². The Hall–Kier alpha value is -3.02. The van der Waals surface area contributed by atoms with Crippen LogP contribution >= 0.6 is 0 Å². The molecule has 0 radical (unpaired) electrons. The Morgan fingerprint density at radius 2 is 1.69 bits per heavy atom. The van der Waals surface area contributed by atoms with E-state index in [1.807, 2.05) is 50.2 Å². The van der Waals surface area contributed by atoms with Crippen molar-refractivity contribution in [2.75, 3.05) is 26.1 Å². The molecule has 1 fully saturated rings. The van der Waals surface area contributed by atoms with Crippen LogP contribution in [0.3, 0.4) is 0 Å². The maximum Gasteiger partial charge on any atom is 0.228 e. The Balaban J connectivity index is 1.46. The largest absolute Gasteiger partial charge is 0.493 e. The first kappa shape index (κ1) is 20.7. The Labute approximate surface area is 171 Å². The predicted octanol–water partition coefficient (Wildman–Crippen LogP) is 3.25. The van der Waals surface area contributed by atoms with E-state index in [1.54, 1.807) is 14.2 Å². The number of carbonyl (C=O) groups is 2. The van der Waals surface area contributed by atoms with E-state index in [9.17, 15) is 9.59 Å². The maximum absolute atomic E-state index is 12.5. The molecule has 3 rings (SSSR count). The lowest BCUT2D eigenvalue weighted by Gasteiger charge is -2.10. The lowest BCUT2D eigenvalue weighted by molar-refractivity contribution is -0.125. The number of carbonyl (C=O) groups excluding carboxylic acids is 2. The van der Waals surface area contributed by atoms with Crippen LogP contribution in [-0.4, -0.2) is 32.6 Å². The van der Waals surface area contributed by atoms with E-state index in [0.29, 0.717) is 30.9 Å². The number of aryl methyl sites for hydroxylation is 2. The van der Waals surface area contributed by atoms with E-state index >= 15 is 0 Å². The Morgan fingerprint density at radius 1 is 0.966 bits per heavy atom. The first-order valence-electron chi connectivity index (χ1n) is 9.79. The van der Waals surface area contributed by atoms with Crippen LogP contribution in [0.2, 0.25) is 0 Å². The smallest absolute Gasteiger partial charge is 0.228 e. The van der Waals surface area contributed by atoms with Crippen molar-refractivity contribution in [3.05, 3.63) is 53.1 Å². The van der Waals surface area contributed by atoms with Crippen LogP contribution in [0.15, 0.2) is 36.4 Å². The highest BCUT2D eigenvalue weighted by Crippen LogP contribution is 2.39. The van der Waals surface area contributed by atoms with Crippen molar-refractivity contribution >= 4 is 17.5 Å². The van der Waals surface area contributed by atoms with E-state index < -0.39 is 0 Å². The van der Waals surface area contributed by atoms with Crippen LogP contribution in [0.1, 0.15) is 23.1 Å². The second-order valence-electron chi connectivity index (χ2n) is 7.49. The quantitative estimate of drug-likeness (QED) is 0.718. The number of benzene rings is 2. The van der Waals surface area contributed by atoms with Gasteiger partial charge in [0.1, 0.15) is 0 Å². The van der Waals surface area contributed by atoms with Crippen molar-refractivity contribution < 1.29 is 19.1 Å². The van der Waals surface area contributed by atoms with Crippen LogP contribution in [0.4, 0.5) is 5.69 Å². The first-order valence-corrected chi connectivity index (χ1v) is 9.79. The number of rotatable bonds is 8. The highest BCUT2D eigenvalue weighted by molar-refractivity contribution is 5.99. The van der Waals surface area contributed by atoms with Gasteiger partial charge in [-0.3, -0.25) is 9.59 Å². The third-order valence-electron chi connectivity index (χ3n) is 5.28. The van der Waals surface area contributed by atoms with Gasteiger partial charge in [-0.2, -0.15) is 0 Å². The van der Waals surface area contributed by atoms with Crippen molar-refractivity contribution in [1.29, 1.82) is 0 Å². The van der Waals surface area contributed by atoms with Crippen molar-refractivity contribution in [2.45, 2.75) is 26.7 Å². The van der Waals surface area contributed by atoms with E-state index in [1.165, 1.54) is 0 Å². The second kappa shape index (κ2) is 8.99. The third-order valence-corrected chi connectivity index (χ3v) is 5.28. The molecule has 6 heteroatoms. The van der Waals surface area contributed by atoms with Gasteiger partial charge in [0.05, 0.1) is 26.1 Å². The molecule has 29 heavy (non-hydrogen) atoms. The van der Waals surface area contributed by atoms with Gasteiger partial charge in [0.2, 0.25) is 11.8 Å². The van der Waals surface area contributed by atoms with Crippen LogP contribution in [0.25, 0.3) is 0 Å². The average Bonchev–Trinajstić information content (AvgIpc) is 3.51. The zero-order valence-corrected chi connectivity index (χ0v) is 17.4. The molecular formula is C23H28N2O4. The summed E-state index contributed by atoms with van der Waals surface area (Å²) in [5.41, 5.74) is 3.96. The van der Waals surface area contributed by atoms with Crippen LogP contribution < -0.4 is 20.1 Å². The predicted molar refractivity (Wildman–Crippen MR) is 112 cm³/mol. The Morgan fingerprint density at radius 3 is 2.41 bits per heavy atom. The van der Waals surface area contributed by atoms with E-state index in [4.69, 9.17) is 9.47 Å². The molecule has 0 spiro atoms. The minimum absolute atomic E-state index is 0.0633. The highest BCUT2D eigenvalue weighted by Gasteiger charge is 2.47. The number of amides is 2. The molecule has 1 saturated carbocycles. The minimum atomic E-state index is -0.254. The molecule has 2 N–H and O–H groups in total. The molecule has 2 atom stereocenters. The van der Waals surface area contributed by atoms with Gasteiger partial charge in [-0.1, -0.05) is 18.2 Å².